The molecule has 0 amide bonds. The third-order valence-corrected chi connectivity index (χ3v) is 6.93. The second-order valence-electron chi connectivity index (χ2n) is 5.82. The van der Waals surface area contributed by atoms with Gasteiger partial charge in [0.1, 0.15) is 23.3 Å². The maximum atomic E-state index is 12.9. The van der Waals surface area contributed by atoms with Gasteiger partial charge < -0.3 is 4.74 Å². The van der Waals surface area contributed by atoms with E-state index >= 15 is 0 Å². The molecule has 8 nitrogen and oxygen atoms in total. The Morgan fingerprint density at radius 1 is 1.12 bits per heavy atom. The van der Waals surface area contributed by atoms with E-state index in [1.807, 2.05) is 0 Å². The molecule has 0 spiro atoms. The van der Waals surface area contributed by atoms with Crippen LogP contribution < -0.4 is 4.74 Å². The number of methoxy groups -OCH3 is 1. The van der Waals surface area contributed by atoms with Crippen LogP contribution in [0, 0.1) is 0 Å². The maximum Gasteiger partial charge on any atom is 0.244 e. The highest BCUT2D eigenvalue weighted by molar-refractivity contribution is 7.89. The number of hydrogen-bond donors (Lipinski definition) is 0. The van der Waals surface area contributed by atoms with Crippen LogP contribution in [0.25, 0.3) is 0 Å². The molecule has 0 atom stereocenters. The highest BCUT2D eigenvalue weighted by atomic mass is 35.5. The van der Waals surface area contributed by atoms with Gasteiger partial charge in [0, 0.05) is 38.8 Å². The molecule has 2 aromatic rings. The Labute approximate surface area is 162 Å². The van der Waals surface area contributed by atoms with E-state index in [-0.39, 0.29) is 14.9 Å². The fourth-order valence-electron chi connectivity index (χ4n) is 2.79. The molecule has 0 saturated carbocycles. The number of halogens is 2. The van der Waals surface area contributed by atoms with Gasteiger partial charge in [-0.05, 0) is 6.07 Å². The van der Waals surface area contributed by atoms with Crippen molar-refractivity contribution in [1.29, 1.82) is 0 Å². The molecule has 1 aliphatic heterocycles. The summed E-state index contributed by atoms with van der Waals surface area (Å²) in [6.45, 7) is 3.54. The van der Waals surface area contributed by atoms with Crippen LogP contribution in [-0.4, -0.2) is 72.2 Å². The largest absolute Gasteiger partial charge is 0.495 e. The van der Waals surface area contributed by atoms with Gasteiger partial charge in [-0.2, -0.15) is 9.40 Å². The molecular weight excluding hydrogens is 401 g/mol. The molecule has 1 aliphatic rings. The minimum Gasteiger partial charge on any atom is -0.495 e. The Morgan fingerprint density at radius 3 is 2.46 bits per heavy atom. The number of sulfonamides is 1. The third kappa shape index (κ3) is 4.12. The summed E-state index contributed by atoms with van der Waals surface area (Å²) in [5.41, 5.74) is 0. The van der Waals surface area contributed by atoms with Crippen molar-refractivity contribution < 1.29 is 13.2 Å². The van der Waals surface area contributed by atoms with Crippen LogP contribution >= 0.6 is 23.2 Å². The minimum atomic E-state index is -3.71. The smallest absolute Gasteiger partial charge is 0.244 e. The summed E-state index contributed by atoms with van der Waals surface area (Å²) < 4.78 is 34.1. The summed E-state index contributed by atoms with van der Waals surface area (Å²) in [7, 11) is -2.27. The van der Waals surface area contributed by atoms with Gasteiger partial charge >= 0.3 is 0 Å². The summed E-state index contributed by atoms with van der Waals surface area (Å²) in [6.07, 6.45) is 3.16. The second kappa shape index (κ2) is 8.10. The standard InChI is InChI=1S/C15H19Cl2N5O3S/c1-25-14-8-13(17)15(9-12(14)16)26(23,24)22-6-3-20(4-7-22)2-5-21-11-18-10-19-21/h8-11H,2-7H2,1H3. The zero-order valence-corrected chi connectivity index (χ0v) is 16.5. The summed E-state index contributed by atoms with van der Waals surface area (Å²) >= 11 is 12.2. The number of nitrogens with zero attached hydrogens (tertiary/aromatic N) is 5. The Morgan fingerprint density at radius 2 is 1.85 bits per heavy atom. The van der Waals surface area contributed by atoms with E-state index in [1.165, 1.54) is 29.9 Å². The average Bonchev–Trinajstić information content (AvgIpc) is 3.15. The number of piperazine rings is 1. The monoisotopic (exact) mass is 419 g/mol. The number of rotatable bonds is 6. The molecule has 1 aromatic heterocycles. The van der Waals surface area contributed by atoms with E-state index in [9.17, 15) is 8.42 Å². The first-order valence-electron chi connectivity index (χ1n) is 8.00. The first-order valence-corrected chi connectivity index (χ1v) is 10.2. The van der Waals surface area contributed by atoms with Gasteiger partial charge in [0.2, 0.25) is 10.0 Å². The first-order chi connectivity index (χ1) is 12.4. The summed E-state index contributed by atoms with van der Waals surface area (Å²) in [6, 6.07) is 2.76. The lowest BCUT2D eigenvalue weighted by molar-refractivity contribution is 0.181. The summed E-state index contributed by atoms with van der Waals surface area (Å²) in [5.74, 6) is 0.341. The van der Waals surface area contributed by atoms with E-state index < -0.39 is 10.0 Å². The lowest BCUT2D eigenvalue weighted by Crippen LogP contribution is -2.49. The lowest BCUT2D eigenvalue weighted by Gasteiger charge is -2.34. The van der Waals surface area contributed by atoms with Crippen molar-refractivity contribution >= 4 is 33.2 Å². The number of ether oxygens (including phenoxy) is 1. The molecule has 1 aromatic carbocycles. The van der Waals surface area contributed by atoms with Crippen molar-refractivity contribution in [1.82, 2.24) is 24.0 Å². The molecule has 11 heteroatoms. The van der Waals surface area contributed by atoms with Crippen LogP contribution in [0.15, 0.2) is 29.7 Å². The van der Waals surface area contributed by atoms with Crippen molar-refractivity contribution in [2.24, 2.45) is 0 Å². The van der Waals surface area contributed by atoms with Gasteiger partial charge in [0.15, 0.2) is 0 Å². The number of hydrogen-bond acceptors (Lipinski definition) is 6. The second-order valence-corrected chi connectivity index (χ2v) is 8.54. The fourth-order valence-corrected chi connectivity index (χ4v) is 5.04. The zero-order valence-electron chi connectivity index (χ0n) is 14.2. The molecular formula is C15H19Cl2N5O3S. The molecule has 26 heavy (non-hydrogen) atoms. The maximum absolute atomic E-state index is 12.9. The van der Waals surface area contributed by atoms with Crippen molar-refractivity contribution in [2.45, 2.75) is 11.4 Å². The summed E-state index contributed by atoms with van der Waals surface area (Å²) in [4.78, 5) is 6.10. The number of aromatic nitrogens is 3. The van der Waals surface area contributed by atoms with Crippen LogP contribution in [0.2, 0.25) is 10.0 Å². The van der Waals surface area contributed by atoms with Crippen molar-refractivity contribution in [3.05, 3.63) is 34.8 Å². The first kappa shape index (κ1) is 19.4. The molecule has 142 valence electrons. The Bertz CT molecular complexity index is 852. The van der Waals surface area contributed by atoms with E-state index in [1.54, 1.807) is 11.0 Å². The highest BCUT2D eigenvalue weighted by Gasteiger charge is 2.30. The predicted octanol–water partition coefficient (Wildman–Crippen LogP) is 1.60. The molecule has 0 unspecified atom stereocenters. The van der Waals surface area contributed by atoms with Crippen LogP contribution in [0.5, 0.6) is 5.75 Å². The Balaban J connectivity index is 1.65. The summed E-state index contributed by atoms with van der Waals surface area (Å²) in [5, 5.41) is 4.37. The molecule has 0 aliphatic carbocycles. The predicted molar refractivity (Wildman–Crippen MR) is 98.2 cm³/mol. The van der Waals surface area contributed by atoms with E-state index in [0.717, 1.165) is 6.54 Å². The Hall–Kier alpha value is -1.39. The molecule has 0 bridgehead atoms. The van der Waals surface area contributed by atoms with Gasteiger partial charge in [-0.3, -0.25) is 9.58 Å². The molecule has 1 fully saturated rings. The van der Waals surface area contributed by atoms with E-state index in [4.69, 9.17) is 27.9 Å². The van der Waals surface area contributed by atoms with E-state index in [2.05, 4.69) is 15.0 Å². The lowest BCUT2D eigenvalue weighted by atomic mass is 10.3. The van der Waals surface area contributed by atoms with Crippen LogP contribution in [0.4, 0.5) is 0 Å². The van der Waals surface area contributed by atoms with Crippen molar-refractivity contribution in [3.63, 3.8) is 0 Å². The molecule has 0 radical (unpaired) electrons. The molecule has 0 N–H and O–H groups in total. The zero-order chi connectivity index (χ0) is 18.7. The van der Waals surface area contributed by atoms with Gasteiger partial charge in [0.25, 0.3) is 0 Å². The van der Waals surface area contributed by atoms with E-state index in [0.29, 0.717) is 38.5 Å². The van der Waals surface area contributed by atoms with Crippen LogP contribution in [-0.2, 0) is 16.6 Å². The topological polar surface area (TPSA) is 80.6 Å². The molecule has 1 saturated heterocycles. The minimum absolute atomic E-state index is 0.000956. The fraction of sp³-hybridized carbons (Fsp3) is 0.467. The van der Waals surface area contributed by atoms with Gasteiger partial charge in [-0.15, -0.1) is 0 Å². The number of benzene rings is 1. The quantitative estimate of drug-likeness (QED) is 0.707. The SMILES string of the molecule is COc1cc(Cl)c(S(=O)(=O)N2CCN(CCn3cncn3)CC2)cc1Cl. The van der Waals surface area contributed by atoms with Crippen LogP contribution in [0.3, 0.4) is 0 Å². The normalized spacial score (nSPS) is 16.7. The van der Waals surface area contributed by atoms with Crippen molar-refractivity contribution in [2.75, 3.05) is 39.8 Å². The van der Waals surface area contributed by atoms with Crippen LogP contribution in [0.1, 0.15) is 0 Å². The molecule has 2 heterocycles. The van der Waals surface area contributed by atoms with Gasteiger partial charge in [-0.25, -0.2) is 13.4 Å². The Kier molecular flexibility index (Phi) is 6.03. The molecule has 3 rings (SSSR count). The average molecular weight is 420 g/mol. The van der Waals surface area contributed by atoms with Crippen molar-refractivity contribution in [3.8, 4) is 5.75 Å². The van der Waals surface area contributed by atoms with Gasteiger partial charge in [0.05, 0.1) is 23.7 Å². The highest BCUT2D eigenvalue weighted by Crippen LogP contribution is 2.34. The third-order valence-electron chi connectivity index (χ3n) is 4.27. The van der Waals surface area contributed by atoms with Gasteiger partial charge in [-0.1, -0.05) is 23.2 Å².